The molecule has 3 nitrogen and oxygen atoms in total. The van der Waals surface area contributed by atoms with Gasteiger partial charge in [0, 0.05) is 0 Å². The van der Waals surface area contributed by atoms with E-state index in [0.717, 1.165) is 5.75 Å². The Bertz CT molecular complexity index is 381. The maximum absolute atomic E-state index is 11.2. The second-order valence-electron chi connectivity index (χ2n) is 3.40. The number of hydrogen-bond donors (Lipinski definition) is 0. The van der Waals surface area contributed by atoms with E-state index in [1.807, 2.05) is 37.3 Å². The molecule has 0 aromatic heterocycles. The Morgan fingerprint density at radius 1 is 1.33 bits per heavy atom. The SMILES string of the molecule is CC1C=C(COc2ccccc2)C(=O)O1. The molecule has 15 heavy (non-hydrogen) atoms. The van der Waals surface area contributed by atoms with Gasteiger partial charge in [0.2, 0.25) is 0 Å². The smallest absolute Gasteiger partial charge is 0.337 e. The molecule has 2 rings (SSSR count). The molecular formula is C12H12O3. The van der Waals surface area contributed by atoms with Crippen LogP contribution in [0.4, 0.5) is 0 Å². The number of carbonyl (C=O) groups is 1. The summed E-state index contributed by atoms with van der Waals surface area (Å²) in [7, 11) is 0. The molecule has 0 aliphatic carbocycles. The van der Waals surface area contributed by atoms with Crippen molar-refractivity contribution in [3.05, 3.63) is 42.0 Å². The molecule has 0 amide bonds. The molecule has 1 aromatic rings. The standard InChI is InChI=1S/C12H12O3/c1-9-7-10(12(13)15-9)8-14-11-5-3-2-4-6-11/h2-7,9H,8H2,1H3. The molecule has 1 heterocycles. The fourth-order valence-electron chi connectivity index (χ4n) is 1.41. The van der Waals surface area contributed by atoms with Gasteiger partial charge in [0.25, 0.3) is 0 Å². The predicted octanol–water partition coefficient (Wildman–Crippen LogP) is 1.94. The maximum atomic E-state index is 11.2. The first-order valence-corrected chi connectivity index (χ1v) is 4.85. The zero-order valence-corrected chi connectivity index (χ0v) is 8.47. The average Bonchev–Trinajstić information content (AvgIpc) is 2.56. The molecule has 1 aromatic carbocycles. The van der Waals surface area contributed by atoms with Crippen molar-refractivity contribution in [3.63, 3.8) is 0 Å². The minimum absolute atomic E-state index is 0.133. The molecule has 78 valence electrons. The molecule has 0 saturated heterocycles. The third-order valence-electron chi connectivity index (χ3n) is 2.13. The van der Waals surface area contributed by atoms with E-state index >= 15 is 0 Å². The van der Waals surface area contributed by atoms with Crippen LogP contribution in [0.25, 0.3) is 0 Å². The first-order valence-electron chi connectivity index (χ1n) is 4.85. The number of cyclic esters (lactones) is 1. The topological polar surface area (TPSA) is 35.5 Å². The number of esters is 1. The zero-order valence-electron chi connectivity index (χ0n) is 8.47. The minimum Gasteiger partial charge on any atom is -0.489 e. The predicted molar refractivity (Wildman–Crippen MR) is 55.6 cm³/mol. The van der Waals surface area contributed by atoms with Crippen LogP contribution < -0.4 is 4.74 Å². The van der Waals surface area contributed by atoms with Crippen molar-refractivity contribution in [2.45, 2.75) is 13.0 Å². The van der Waals surface area contributed by atoms with E-state index in [9.17, 15) is 4.79 Å². The normalized spacial score (nSPS) is 19.7. The average molecular weight is 204 g/mol. The molecule has 1 atom stereocenters. The first kappa shape index (κ1) is 9.77. The Morgan fingerprint density at radius 2 is 2.07 bits per heavy atom. The Labute approximate surface area is 88.3 Å². The highest BCUT2D eigenvalue weighted by Gasteiger charge is 2.22. The summed E-state index contributed by atoms with van der Waals surface area (Å²) in [6.45, 7) is 2.10. The first-order chi connectivity index (χ1) is 7.25. The number of para-hydroxylation sites is 1. The van der Waals surface area contributed by atoms with Gasteiger partial charge < -0.3 is 9.47 Å². The number of ether oxygens (including phenoxy) is 2. The van der Waals surface area contributed by atoms with Crippen LogP contribution in [-0.4, -0.2) is 18.7 Å². The summed E-state index contributed by atoms with van der Waals surface area (Å²) in [5.74, 6) is 0.476. The zero-order chi connectivity index (χ0) is 10.7. The van der Waals surface area contributed by atoms with Gasteiger partial charge in [-0.3, -0.25) is 0 Å². The van der Waals surface area contributed by atoms with E-state index in [2.05, 4.69) is 0 Å². The second kappa shape index (κ2) is 4.17. The van der Waals surface area contributed by atoms with Gasteiger partial charge in [0.05, 0.1) is 5.57 Å². The van der Waals surface area contributed by atoms with Crippen LogP contribution in [0.2, 0.25) is 0 Å². The molecule has 0 N–H and O–H groups in total. The minimum atomic E-state index is -0.279. The van der Waals surface area contributed by atoms with Crippen molar-refractivity contribution in [3.8, 4) is 5.75 Å². The highest BCUT2D eigenvalue weighted by molar-refractivity contribution is 5.91. The van der Waals surface area contributed by atoms with Crippen molar-refractivity contribution >= 4 is 5.97 Å². The summed E-state index contributed by atoms with van der Waals surface area (Å²) in [5, 5.41) is 0. The van der Waals surface area contributed by atoms with E-state index < -0.39 is 0 Å². The van der Waals surface area contributed by atoms with Gasteiger partial charge in [-0.15, -0.1) is 0 Å². The molecule has 0 saturated carbocycles. The van der Waals surface area contributed by atoms with Crippen molar-refractivity contribution < 1.29 is 14.3 Å². The highest BCUT2D eigenvalue weighted by atomic mass is 16.6. The molecule has 0 spiro atoms. The lowest BCUT2D eigenvalue weighted by molar-refractivity contribution is -0.139. The van der Waals surface area contributed by atoms with E-state index in [1.165, 1.54) is 0 Å². The molecule has 0 bridgehead atoms. The highest BCUT2D eigenvalue weighted by Crippen LogP contribution is 2.15. The summed E-state index contributed by atoms with van der Waals surface area (Å²) in [6.07, 6.45) is 1.65. The second-order valence-corrected chi connectivity index (χ2v) is 3.40. The van der Waals surface area contributed by atoms with Crippen LogP contribution >= 0.6 is 0 Å². The van der Waals surface area contributed by atoms with Gasteiger partial charge in [-0.2, -0.15) is 0 Å². The lowest BCUT2D eigenvalue weighted by Gasteiger charge is -2.04. The molecule has 3 heteroatoms. The van der Waals surface area contributed by atoms with Crippen molar-refractivity contribution in [2.75, 3.05) is 6.61 Å². The van der Waals surface area contributed by atoms with Crippen molar-refractivity contribution in [1.82, 2.24) is 0 Å². The van der Waals surface area contributed by atoms with E-state index in [-0.39, 0.29) is 18.7 Å². The van der Waals surface area contributed by atoms with Gasteiger partial charge >= 0.3 is 5.97 Å². The number of rotatable bonds is 3. The van der Waals surface area contributed by atoms with Gasteiger partial charge in [0.1, 0.15) is 18.5 Å². The van der Waals surface area contributed by atoms with Gasteiger partial charge in [-0.25, -0.2) is 4.79 Å². The lowest BCUT2D eigenvalue weighted by atomic mass is 10.2. The summed E-state index contributed by atoms with van der Waals surface area (Å²) < 4.78 is 10.4. The quantitative estimate of drug-likeness (QED) is 0.706. The van der Waals surface area contributed by atoms with Crippen LogP contribution in [0, 0.1) is 0 Å². The molecular weight excluding hydrogens is 192 g/mol. The Morgan fingerprint density at radius 3 is 2.67 bits per heavy atom. The third kappa shape index (κ3) is 2.37. The van der Waals surface area contributed by atoms with Gasteiger partial charge in [-0.05, 0) is 25.1 Å². The monoisotopic (exact) mass is 204 g/mol. The van der Waals surface area contributed by atoms with Crippen LogP contribution in [0.1, 0.15) is 6.92 Å². The summed E-state index contributed by atoms with van der Waals surface area (Å²) >= 11 is 0. The Balaban J connectivity index is 1.94. The molecule has 1 unspecified atom stereocenters. The van der Waals surface area contributed by atoms with Crippen LogP contribution in [0.3, 0.4) is 0 Å². The van der Waals surface area contributed by atoms with E-state index in [0.29, 0.717) is 5.57 Å². The summed E-state index contributed by atoms with van der Waals surface area (Å²) in [6, 6.07) is 9.39. The Hall–Kier alpha value is -1.77. The van der Waals surface area contributed by atoms with Crippen LogP contribution in [0.5, 0.6) is 5.75 Å². The third-order valence-corrected chi connectivity index (χ3v) is 2.13. The maximum Gasteiger partial charge on any atom is 0.337 e. The van der Waals surface area contributed by atoms with E-state index in [1.54, 1.807) is 6.08 Å². The summed E-state index contributed by atoms with van der Waals surface area (Å²) in [4.78, 5) is 11.2. The van der Waals surface area contributed by atoms with Crippen molar-refractivity contribution in [1.29, 1.82) is 0 Å². The van der Waals surface area contributed by atoms with E-state index in [4.69, 9.17) is 9.47 Å². The Kier molecular flexibility index (Phi) is 2.72. The van der Waals surface area contributed by atoms with Crippen LogP contribution in [-0.2, 0) is 9.53 Å². The number of hydrogen-bond acceptors (Lipinski definition) is 3. The largest absolute Gasteiger partial charge is 0.489 e. The fourth-order valence-corrected chi connectivity index (χ4v) is 1.41. The summed E-state index contributed by atoms with van der Waals surface area (Å²) in [5.41, 5.74) is 0.589. The van der Waals surface area contributed by atoms with Crippen LogP contribution in [0.15, 0.2) is 42.0 Å². The molecule has 0 fully saturated rings. The number of benzene rings is 1. The fraction of sp³-hybridized carbons (Fsp3) is 0.250. The lowest BCUT2D eigenvalue weighted by Crippen LogP contribution is -2.09. The molecule has 1 aliphatic rings. The number of carbonyl (C=O) groups excluding carboxylic acids is 1. The van der Waals surface area contributed by atoms with Gasteiger partial charge in [-0.1, -0.05) is 18.2 Å². The van der Waals surface area contributed by atoms with Crippen molar-refractivity contribution in [2.24, 2.45) is 0 Å². The molecule has 1 aliphatic heterocycles. The van der Waals surface area contributed by atoms with Gasteiger partial charge in [0.15, 0.2) is 0 Å². The molecule has 0 radical (unpaired) electrons.